The number of hydrogen-bond donors (Lipinski definition) is 2. The minimum Gasteiger partial charge on any atom is -0.506 e. The fourth-order valence-electron chi connectivity index (χ4n) is 3.26. The van der Waals surface area contributed by atoms with Crippen molar-refractivity contribution in [1.29, 1.82) is 0 Å². The number of aromatic nitrogens is 3. The molecule has 0 fully saturated rings. The van der Waals surface area contributed by atoms with Crippen molar-refractivity contribution in [3.05, 3.63) is 56.9 Å². The molecule has 0 atom stereocenters. The highest BCUT2D eigenvalue weighted by atomic mass is 32.2. The van der Waals surface area contributed by atoms with Crippen LogP contribution in [0, 0.1) is 0 Å². The zero-order valence-corrected chi connectivity index (χ0v) is 18.8. The lowest BCUT2D eigenvalue weighted by Crippen LogP contribution is -2.37. The van der Waals surface area contributed by atoms with Crippen LogP contribution in [0.25, 0.3) is 11.0 Å². The van der Waals surface area contributed by atoms with Gasteiger partial charge in [-0.25, -0.2) is 18.2 Å². The van der Waals surface area contributed by atoms with Gasteiger partial charge in [0.1, 0.15) is 17.1 Å². The molecule has 0 aliphatic rings. The maximum atomic E-state index is 12.7. The first kappa shape index (κ1) is 23.2. The minimum atomic E-state index is -3.81. The van der Waals surface area contributed by atoms with E-state index in [-0.39, 0.29) is 46.1 Å². The summed E-state index contributed by atoms with van der Waals surface area (Å²) in [4.78, 5) is 41.2. The first-order valence-electron chi connectivity index (χ1n) is 9.74. The average Bonchev–Trinajstić information content (AvgIpc) is 2.77. The third-order valence-corrected chi connectivity index (χ3v) is 7.14. The first-order chi connectivity index (χ1) is 15.0. The number of phenolic OH excluding ortho intramolecular Hbond substituents is 1. The van der Waals surface area contributed by atoms with Gasteiger partial charge in [-0.1, -0.05) is 13.8 Å². The SMILES string of the molecule is CCN(CC)S(=O)(=O)c1ccc(O)c(NC(=O)c2ccc3c(=O)n(C)c(=O)n(C)c3n2)c1. The number of phenols is 1. The lowest BCUT2D eigenvalue weighted by Gasteiger charge is -2.19. The van der Waals surface area contributed by atoms with Crippen LogP contribution >= 0.6 is 0 Å². The molecule has 0 spiro atoms. The molecule has 0 bridgehead atoms. The van der Waals surface area contributed by atoms with E-state index in [4.69, 9.17) is 0 Å². The van der Waals surface area contributed by atoms with E-state index >= 15 is 0 Å². The van der Waals surface area contributed by atoms with Crippen LogP contribution in [0.1, 0.15) is 24.3 Å². The van der Waals surface area contributed by atoms with Crippen LogP contribution < -0.4 is 16.6 Å². The van der Waals surface area contributed by atoms with Gasteiger partial charge in [0.15, 0.2) is 0 Å². The van der Waals surface area contributed by atoms with Crippen LogP contribution in [-0.4, -0.2) is 50.9 Å². The van der Waals surface area contributed by atoms with Crippen molar-refractivity contribution in [3.8, 4) is 5.75 Å². The predicted octanol–water partition coefficient (Wildman–Crippen LogP) is 0.621. The highest BCUT2D eigenvalue weighted by Gasteiger charge is 2.23. The number of carbonyl (C=O) groups is 1. The maximum absolute atomic E-state index is 12.7. The highest BCUT2D eigenvalue weighted by Crippen LogP contribution is 2.28. The number of anilines is 1. The summed E-state index contributed by atoms with van der Waals surface area (Å²) in [5, 5.41) is 12.7. The van der Waals surface area contributed by atoms with Gasteiger partial charge in [0.2, 0.25) is 10.0 Å². The van der Waals surface area contributed by atoms with Gasteiger partial charge in [-0.2, -0.15) is 4.31 Å². The molecule has 0 saturated heterocycles. The van der Waals surface area contributed by atoms with Gasteiger partial charge in [-0.3, -0.25) is 18.7 Å². The molecule has 3 rings (SSSR count). The van der Waals surface area contributed by atoms with E-state index in [1.54, 1.807) is 13.8 Å². The molecule has 11 nitrogen and oxygen atoms in total. The Morgan fingerprint density at radius 2 is 1.75 bits per heavy atom. The number of pyridine rings is 1. The Hall–Kier alpha value is -3.51. The van der Waals surface area contributed by atoms with Crippen LogP contribution in [0.15, 0.2) is 44.8 Å². The van der Waals surface area contributed by atoms with Crippen LogP contribution in [0.4, 0.5) is 5.69 Å². The Labute approximate surface area is 183 Å². The number of fused-ring (bicyclic) bond motifs is 1. The zero-order chi connectivity index (χ0) is 23.8. The summed E-state index contributed by atoms with van der Waals surface area (Å²) >= 11 is 0. The van der Waals surface area contributed by atoms with Gasteiger partial charge in [0.05, 0.1) is 16.0 Å². The smallest absolute Gasteiger partial charge is 0.332 e. The molecule has 0 radical (unpaired) electrons. The lowest BCUT2D eigenvalue weighted by atomic mass is 10.2. The molecule has 12 heteroatoms. The van der Waals surface area contributed by atoms with E-state index < -0.39 is 27.2 Å². The second-order valence-electron chi connectivity index (χ2n) is 7.00. The first-order valence-corrected chi connectivity index (χ1v) is 11.2. The number of rotatable bonds is 6. The van der Waals surface area contributed by atoms with E-state index in [0.29, 0.717) is 0 Å². The van der Waals surface area contributed by atoms with Crippen molar-refractivity contribution in [3.63, 3.8) is 0 Å². The molecule has 0 aliphatic heterocycles. The van der Waals surface area contributed by atoms with Crippen molar-refractivity contribution >= 4 is 32.7 Å². The Morgan fingerprint density at radius 1 is 1.09 bits per heavy atom. The number of benzene rings is 1. The summed E-state index contributed by atoms with van der Waals surface area (Å²) in [5.74, 6) is -1.09. The van der Waals surface area contributed by atoms with E-state index in [1.165, 1.54) is 42.7 Å². The van der Waals surface area contributed by atoms with Crippen molar-refractivity contribution in [2.24, 2.45) is 14.1 Å². The summed E-state index contributed by atoms with van der Waals surface area (Å²) in [6.07, 6.45) is 0. The average molecular weight is 462 g/mol. The Kier molecular flexibility index (Phi) is 6.19. The number of hydrogen-bond acceptors (Lipinski definition) is 7. The van der Waals surface area contributed by atoms with Gasteiger partial charge < -0.3 is 10.4 Å². The number of aryl methyl sites for hydroxylation is 1. The molecule has 0 aliphatic carbocycles. The molecular formula is C20H23N5O6S. The third-order valence-electron chi connectivity index (χ3n) is 5.09. The van der Waals surface area contributed by atoms with Gasteiger partial charge in [-0.15, -0.1) is 0 Å². The third kappa shape index (κ3) is 3.89. The number of nitrogens with zero attached hydrogens (tertiary/aromatic N) is 4. The number of carbonyl (C=O) groups excluding carboxylic acids is 1. The molecular weight excluding hydrogens is 438 g/mol. The molecule has 3 aromatic rings. The molecule has 0 unspecified atom stereocenters. The number of aromatic hydroxyl groups is 1. The Morgan fingerprint density at radius 3 is 2.38 bits per heavy atom. The molecule has 2 heterocycles. The van der Waals surface area contributed by atoms with Crippen LogP contribution in [-0.2, 0) is 24.1 Å². The van der Waals surface area contributed by atoms with Crippen LogP contribution in [0.5, 0.6) is 5.75 Å². The summed E-state index contributed by atoms with van der Waals surface area (Å²) < 4.78 is 28.8. The summed E-state index contributed by atoms with van der Waals surface area (Å²) in [5.41, 5.74) is -1.37. The van der Waals surface area contributed by atoms with E-state index in [2.05, 4.69) is 10.3 Å². The van der Waals surface area contributed by atoms with Crippen molar-refractivity contribution in [2.75, 3.05) is 18.4 Å². The normalized spacial score (nSPS) is 11.8. The van der Waals surface area contributed by atoms with Crippen molar-refractivity contribution in [1.82, 2.24) is 18.4 Å². The minimum absolute atomic E-state index is 0.0211. The maximum Gasteiger partial charge on any atom is 0.332 e. The predicted molar refractivity (Wildman–Crippen MR) is 118 cm³/mol. The monoisotopic (exact) mass is 461 g/mol. The summed E-state index contributed by atoms with van der Waals surface area (Å²) in [6.45, 7) is 3.94. The second kappa shape index (κ2) is 8.55. The molecule has 2 aromatic heterocycles. The molecule has 0 saturated carbocycles. The quantitative estimate of drug-likeness (QED) is 0.512. The standard InChI is InChI=1S/C20H23N5O6S/c1-5-25(6-2)32(30,31)12-7-10-16(26)15(11-12)22-18(27)14-9-8-13-17(21-14)23(3)20(29)24(4)19(13)28/h7-11,26H,5-6H2,1-4H3,(H,22,27). The number of amides is 1. The molecule has 1 amide bonds. The van der Waals surface area contributed by atoms with Crippen molar-refractivity contribution in [2.45, 2.75) is 18.7 Å². The van der Waals surface area contributed by atoms with E-state index in [9.17, 15) is 27.9 Å². The molecule has 2 N–H and O–H groups in total. The van der Waals surface area contributed by atoms with E-state index in [0.717, 1.165) is 15.2 Å². The van der Waals surface area contributed by atoms with Crippen molar-refractivity contribution < 1.29 is 18.3 Å². The summed E-state index contributed by atoms with van der Waals surface area (Å²) in [6, 6.07) is 6.26. The van der Waals surface area contributed by atoms with Gasteiger partial charge in [0, 0.05) is 27.2 Å². The lowest BCUT2D eigenvalue weighted by molar-refractivity contribution is 0.102. The van der Waals surface area contributed by atoms with Gasteiger partial charge in [0.25, 0.3) is 11.5 Å². The second-order valence-corrected chi connectivity index (χ2v) is 8.93. The van der Waals surface area contributed by atoms with Crippen LogP contribution in [0.2, 0.25) is 0 Å². The fourth-order valence-corrected chi connectivity index (χ4v) is 4.74. The summed E-state index contributed by atoms with van der Waals surface area (Å²) in [7, 11) is -1.05. The topological polar surface area (TPSA) is 144 Å². The fraction of sp³-hybridized carbons (Fsp3) is 0.300. The number of sulfonamides is 1. The Bertz CT molecular complexity index is 1440. The molecule has 170 valence electrons. The van der Waals surface area contributed by atoms with Gasteiger partial charge >= 0.3 is 5.69 Å². The Balaban J connectivity index is 2.02. The molecule has 1 aromatic carbocycles. The zero-order valence-electron chi connectivity index (χ0n) is 18.0. The van der Waals surface area contributed by atoms with Crippen LogP contribution in [0.3, 0.4) is 0 Å². The number of nitrogens with one attached hydrogen (secondary N) is 1. The molecule has 32 heavy (non-hydrogen) atoms. The largest absolute Gasteiger partial charge is 0.506 e. The van der Waals surface area contributed by atoms with E-state index in [1.807, 2.05) is 0 Å². The highest BCUT2D eigenvalue weighted by molar-refractivity contribution is 7.89. The van der Waals surface area contributed by atoms with Gasteiger partial charge in [-0.05, 0) is 30.3 Å².